The van der Waals surface area contributed by atoms with E-state index < -0.39 is 0 Å². The van der Waals surface area contributed by atoms with E-state index >= 15 is 0 Å². The average Bonchev–Trinajstić information content (AvgIpc) is 3.11. The third kappa shape index (κ3) is 3.82. The number of hydrogen-bond acceptors (Lipinski definition) is 3. The molecule has 0 aliphatic rings. The normalized spacial score (nSPS) is 11.5. The number of allylic oxidation sites excluding steroid dienone is 1. The lowest BCUT2D eigenvalue weighted by Gasteiger charge is -2.06. The van der Waals surface area contributed by atoms with Crippen LogP contribution in [0.3, 0.4) is 0 Å². The first kappa shape index (κ1) is 17.6. The molecular weight excluding hydrogens is 418 g/mol. The van der Waals surface area contributed by atoms with Crippen LogP contribution in [0.4, 0.5) is 0 Å². The van der Waals surface area contributed by atoms with Crippen LogP contribution in [0.2, 0.25) is 0 Å². The Labute approximate surface area is 169 Å². The van der Waals surface area contributed by atoms with Gasteiger partial charge in [0.15, 0.2) is 0 Å². The summed E-state index contributed by atoms with van der Waals surface area (Å²) in [6.07, 6.45) is 7.36. The van der Waals surface area contributed by atoms with Crippen LogP contribution in [-0.2, 0) is 0 Å². The summed E-state index contributed by atoms with van der Waals surface area (Å²) in [7, 11) is 0. The summed E-state index contributed by atoms with van der Waals surface area (Å²) in [5.41, 5.74) is 3.40. The predicted molar refractivity (Wildman–Crippen MR) is 114 cm³/mol. The molecular formula is C22H14BrN3S. The van der Waals surface area contributed by atoms with E-state index in [-0.39, 0.29) is 0 Å². The van der Waals surface area contributed by atoms with Gasteiger partial charge in [0.2, 0.25) is 0 Å². The zero-order valence-electron chi connectivity index (χ0n) is 14.2. The van der Waals surface area contributed by atoms with Crippen LogP contribution in [0, 0.1) is 11.3 Å². The number of H-pyrrole nitrogens is 1. The van der Waals surface area contributed by atoms with E-state index in [1.54, 1.807) is 24.2 Å². The number of halogens is 1. The van der Waals surface area contributed by atoms with Crippen LogP contribution in [0.15, 0.2) is 87.5 Å². The Hall–Kier alpha value is -2.81. The molecule has 0 spiro atoms. The van der Waals surface area contributed by atoms with Crippen molar-refractivity contribution in [1.29, 1.82) is 5.26 Å². The van der Waals surface area contributed by atoms with Gasteiger partial charge in [-0.3, -0.25) is 4.98 Å². The van der Waals surface area contributed by atoms with Crippen molar-refractivity contribution in [2.45, 2.75) is 9.79 Å². The number of aromatic nitrogens is 2. The van der Waals surface area contributed by atoms with Gasteiger partial charge >= 0.3 is 0 Å². The Morgan fingerprint density at radius 2 is 2.00 bits per heavy atom. The minimum Gasteiger partial charge on any atom is -0.361 e. The summed E-state index contributed by atoms with van der Waals surface area (Å²) in [5, 5.41) is 10.8. The van der Waals surface area contributed by atoms with Gasteiger partial charge in [-0.1, -0.05) is 45.9 Å². The lowest BCUT2D eigenvalue weighted by molar-refractivity contribution is 1.24. The molecule has 0 saturated heterocycles. The minimum absolute atomic E-state index is 0.599. The minimum atomic E-state index is 0.599. The summed E-state index contributed by atoms with van der Waals surface area (Å²) >= 11 is 5.17. The van der Waals surface area contributed by atoms with Crippen LogP contribution < -0.4 is 0 Å². The van der Waals surface area contributed by atoms with Gasteiger partial charge in [0.25, 0.3) is 0 Å². The molecule has 2 heterocycles. The molecule has 1 N–H and O–H groups in total. The smallest absolute Gasteiger partial charge is 0.0998 e. The second-order valence-corrected chi connectivity index (χ2v) is 7.92. The Bertz CT molecular complexity index is 1170. The fourth-order valence-electron chi connectivity index (χ4n) is 2.85. The predicted octanol–water partition coefficient (Wildman–Crippen LogP) is 6.54. The third-order valence-corrected chi connectivity index (χ3v) is 5.73. The largest absolute Gasteiger partial charge is 0.361 e. The fraction of sp³-hybridized carbons (Fsp3) is 0. The highest BCUT2D eigenvalue weighted by atomic mass is 79.9. The molecule has 0 aliphatic carbocycles. The lowest BCUT2D eigenvalue weighted by Crippen LogP contribution is -1.85. The van der Waals surface area contributed by atoms with E-state index in [9.17, 15) is 5.26 Å². The number of aromatic amines is 1. The molecule has 27 heavy (non-hydrogen) atoms. The van der Waals surface area contributed by atoms with Gasteiger partial charge in [0, 0.05) is 54.9 Å². The number of fused-ring (bicyclic) bond motifs is 1. The summed E-state index contributed by atoms with van der Waals surface area (Å²) < 4.78 is 0.981. The van der Waals surface area contributed by atoms with Crippen LogP contribution >= 0.6 is 27.7 Å². The van der Waals surface area contributed by atoms with Crippen molar-refractivity contribution in [3.8, 4) is 6.07 Å². The molecule has 2 aromatic heterocycles. The summed E-state index contributed by atoms with van der Waals surface area (Å²) in [4.78, 5) is 9.69. The quantitative estimate of drug-likeness (QED) is 0.373. The van der Waals surface area contributed by atoms with E-state index in [0.29, 0.717) is 5.57 Å². The topological polar surface area (TPSA) is 52.5 Å². The van der Waals surface area contributed by atoms with Crippen molar-refractivity contribution in [3.05, 3.63) is 88.8 Å². The monoisotopic (exact) mass is 431 g/mol. The molecule has 0 aliphatic heterocycles. The third-order valence-electron chi connectivity index (χ3n) is 4.14. The molecule has 0 saturated carbocycles. The van der Waals surface area contributed by atoms with Crippen LogP contribution in [0.5, 0.6) is 0 Å². The summed E-state index contributed by atoms with van der Waals surface area (Å²) in [6, 6.07) is 20.5. The van der Waals surface area contributed by atoms with Gasteiger partial charge < -0.3 is 4.98 Å². The van der Waals surface area contributed by atoms with Crippen LogP contribution in [-0.4, -0.2) is 9.97 Å². The molecule has 0 amide bonds. The molecule has 130 valence electrons. The lowest BCUT2D eigenvalue weighted by atomic mass is 10.0. The number of pyridine rings is 1. The van der Waals surface area contributed by atoms with Crippen molar-refractivity contribution in [2.75, 3.05) is 0 Å². The maximum Gasteiger partial charge on any atom is 0.0998 e. The van der Waals surface area contributed by atoms with E-state index in [1.165, 1.54) is 0 Å². The van der Waals surface area contributed by atoms with E-state index in [2.05, 4.69) is 44.1 Å². The number of benzene rings is 2. The maximum atomic E-state index is 9.80. The van der Waals surface area contributed by atoms with Gasteiger partial charge in [-0.2, -0.15) is 5.26 Å². The molecule has 4 rings (SSSR count). The number of hydrogen-bond donors (Lipinski definition) is 1. The summed E-state index contributed by atoms with van der Waals surface area (Å²) in [6.45, 7) is 0. The molecule has 4 aromatic rings. The van der Waals surface area contributed by atoms with Crippen molar-refractivity contribution in [3.63, 3.8) is 0 Å². The van der Waals surface area contributed by atoms with Gasteiger partial charge in [-0.25, -0.2) is 0 Å². The zero-order valence-corrected chi connectivity index (χ0v) is 16.6. The molecule has 0 radical (unpaired) electrons. The number of nitriles is 1. The van der Waals surface area contributed by atoms with Gasteiger partial charge in [0.1, 0.15) is 0 Å². The van der Waals surface area contributed by atoms with E-state index in [1.807, 2.05) is 54.7 Å². The molecule has 2 aromatic carbocycles. The Morgan fingerprint density at radius 1 is 1.15 bits per heavy atom. The van der Waals surface area contributed by atoms with Crippen molar-refractivity contribution >= 4 is 50.2 Å². The standard InChI is InChI=1S/C22H14BrN3S/c23-17-6-7-21-19(11-17)20(14-26-21)15(12-24)10-16-13-25-9-8-22(16)27-18-4-2-1-3-5-18/h1-11,13-14,26H/b15-10+. The highest BCUT2D eigenvalue weighted by Gasteiger charge is 2.11. The van der Waals surface area contributed by atoms with E-state index in [0.717, 1.165) is 36.3 Å². The SMILES string of the molecule is N#C/C(=C\c1cnccc1Sc1ccccc1)c1c[nH]c2ccc(Br)cc12. The maximum absolute atomic E-state index is 9.80. The van der Waals surface area contributed by atoms with Gasteiger partial charge in [0.05, 0.1) is 11.6 Å². The first-order chi connectivity index (χ1) is 13.2. The van der Waals surface area contributed by atoms with Crippen LogP contribution in [0.1, 0.15) is 11.1 Å². The fourth-order valence-corrected chi connectivity index (χ4v) is 4.12. The number of rotatable bonds is 4. The molecule has 0 bridgehead atoms. The molecule has 5 heteroatoms. The Morgan fingerprint density at radius 3 is 2.81 bits per heavy atom. The van der Waals surface area contributed by atoms with Crippen molar-refractivity contribution in [2.24, 2.45) is 0 Å². The van der Waals surface area contributed by atoms with E-state index in [4.69, 9.17) is 0 Å². The second-order valence-electron chi connectivity index (χ2n) is 5.89. The Balaban J connectivity index is 1.77. The average molecular weight is 432 g/mol. The first-order valence-corrected chi connectivity index (χ1v) is 9.91. The second kappa shape index (κ2) is 7.83. The molecule has 3 nitrogen and oxygen atoms in total. The highest BCUT2D eigenvalue weighted by molar-refractivity contribution is 9.10. The highest BCUT2D eigenvalue weighted by Crippen LogP contribution is 2.33. The van der Waals surface area contributed by atoms with Crippen molar-refractivity contribution in [1.82, 2.24) is 9.97 Å². The van der Waals surface area contributed by atoms with Crippen LogP contribution in [0.25, 0.3) is 22.6 Å². The first-order valence-electron chi connectivity index (χ1n) is 8.30. The molecule has 0 atom stereocenters. The number of nitrogens with one attached hydrogen (secondary N) is 1. The number of nitrogens with zero attached hydrogens (tertiary/aromatic N) is 2. The Kier molecular flexibility index (Phi) is 5.10. The zero-order chi connectivity index (χ0) is 18.6. The van der Waals surface area contributed by atoms with Gasteiger partial charge in [-0.05, 0) is 42.5 Å². The molecule has 0 unspecified atom stereocenters. The molecule has 0 fully saturated rings. The summed E-state index contributed by atoms with van der Waals surface area (Å²) in [5.74, 6) is 0. The van der Waals surface area contributed by atoms with Crippen molar-refractivity contribution < 1.29 is 0 Å². The van der Waals surface area contributed by atoms with Gasteiger partial charge in [-0.15, -0.1) is 0 Å².